The van der Waals surface area contributed by atoms with Gasteiger partial charge in [-0.3, -0.25) is 19.7 Å². The number of ether oxygens (including phenoxy) is 1. The molecule has 9 nitrogen and oxygen atoms in total. The lowest BCUT2D eigenvalue weighted by atomic mass is 10.0. The van der Waals surface area contributed by atoms with Gasteiger partial charge < -0.3 is 20.9 Å². The van der Waals surface area contributed by atoms with E-state index in [4.69, 9.17) is 33.7 Å². The van der Waals surface area contributed by atoms with Crippen molar-refractivity contribution in [1.82, 2.24) is 5.32 Å². The molecule has 0 aliphatic heterocycles. The highest BCUT2D eigenvalue weighted by molar-refractivity contribution is 6.53. The molecule has 0 unspecified atom stereocenters. The topological polar surface area (TPSA) is 145 Å². The van der Waals surface area contributed by atoms with E-state index in [1.54, 1.807) is 0 Å². The van der Waals surface area contributed by atoms with Crippen molar-refractivity contribution in [3.8, 4) is 0 Å². The fourth-order valence-electron chi connectivity index (χ4n) is 1.82. The normalized spacial score (nSPS) is 13.2. The van der Waals surface area contributed by atoms with Crippen LogP contribution in [0.4, 0.5) is 5.69 Å². The summed E-state index contributed by atoms with van der Waals surface area (Å²) >= 11 is 10.9. The molecule has 24 heavy (non-hydrogen) atoms. The van der Waals surface area contributed by atoms with E-state index in [1.165, 1.54) is 24.3 Å². The third-order valence-electron chi connectivity index (χ3n) is 2.95. The van der Waals surface area contributed by atoms with Crippen LogP contribution in [0, 0.1) is 10.1 Å². The van der Waals surface area contributed by atoms with Gasteiger partial charge in [0, 0.05) is 12.1 Å². The number of carbonyl (C=O) groups excluding carboxylic acids is 2. The number of hydrogen-bond acceptors (Lipinski definition) is 7. The average Bonchev–Trinajstić information content (AvgIpc) is 2.57. The van der Waals surface area contributed by atoms with Crippen molar-refractivity contribution >= 4 is 40.8 Å². The minimum atomic E-state index is -1.39. The van der Waals surface area contributed by atoms with E-state index in [0.717, 1.165) is 0 Å². The number of nitro benzene ring substituents is 1. The highest BCUT2D eigenvalue weighted by Gasteiger charge is 2.29. The first-order chi connectivity index (χ1) is 11.3. The number of alkyl halides is 2. The van der Waals surface area contributed by atoms with E-state index in [0.29, 0.717) is 5.56 Å². The van der Waals surface area contributed by atoms with Gasteiger partial charge in [0.25, 0.3) is 11.6 Å². The number of carbonyl (C=O) groups is 2. The minimum Gasteiger partial charge on any atom is -0.454 e. The Labute approximate surface area is 146 Å². The summed E-state index contributed by atoms with van der Waals surface area (Å²) in [6, 6.07) is 3.98. The minimum absolute atomic E-state index is 0.172. The SMILES string of the molecule is NCC(=O)O[C@@H](c1ccc([N+](=O)[O-])cc1)[C@@H](CO)NC(=O)C(Cl)Cl. The number of hydrogen-bond donors (Lipinski definition) is 3. The summed E-state index contributed by atoms with van der Waals surface area (Å²) in [5, 5.41) is 22.5. The van der Waals surface area contributed by atoms with E-state index in [1.807, 2.05) is 0 Å². The molecule has 1 aromatic carbocycles. The Hall–Kier alpha value is -1.94. The molecule has 0 fully saturated rings. The molecule has 4 N–H and O–H groups in total. The molecule has 132 valence electrons. The Balaban J connectivity index is 3.10. The Kier molecular flexibility index (Phi) is 7.86. The van der Waals surface area contributed by atoms with E-state index in [2.05, 4.69) is 5.32 Å². The number of nitrogens with two attached hydrogens (primary N) is 1. The number of non-ortho nitro benzene ring substituents is 1. The number of nitrogens with zero attached hydrogens (tertiary/aromatic N) is 1. The quantitative estimate of drug-likeness (QED) is 0.256. The van der Waals surface area contributed by atoms with Gasteiger partial charge in [-0.05, 0) is 17.7 Å². The summed E-state index contributed by atoms with van der Waals surface area (Å²) < 4.78 is 5.13. The summed E-state index contributed by atoms with van der Waals surface area (Å²) in [6.07, 6.45) is -1.14. The second-order valence-corrected chi connectivity index (χ2v) is 5.66. The lowest BCUT2D eigenvalue weighted by Gasteiger charge is -2.27. The number of aliphatic hydroxyl groups is 1. The van der Waals surface area contributed by atoms with Crippen LogP contribution in [0.25, 0.3) is 0 Å². The van der Waals surface area contributed by atoms with Crippen LogP contribution in [-0.2, 0) is 14.3 Å². The summed E-state index contributed by atoms with van der Waals surface area (Å²) in [5.41, 5.74) is 5.33. The molecule has 0 aliphatic rings. The van der Waals surface area contributed by atoms with Gasteiger partial charge in [0.05, 0.1) is 24.1 Å². The molecule has 0 aromatic heterocycles. The highest BCUT2D eigenvalue weighted by Crippen LogP contribution is 2.24. The van der Waals surface area contributed by atoms with Crippen molar-refractivity contribution in [2.24, 2.45) is 5.73 Å². The molecule has 0 radical (unpaired) electrons. The van der Waals surface area contributed by atoms with Crippen LogP contribution in [0.15, 0.2) is 24.3 Å². The van der Waals surface area contributed by atoms with Gasteiger partial charge in [0.2, 0.25) is 0 Å². The number of amides is 1. The number of benzene rings is 1. The first-order valence-electron chi connectivity index (χ1n) is 6.63. The van der Waals surface area contributed by atoms with Crippen molar-refractivity contribution in [3.05, 3.63) is 39.9 Å². The molecule has 0 aliphatic carbocycles. The van der Waals surface area contributed by atoms with Crippen molar-refractivity contribution in [3.63, 3.8) is 0 Å². The van der Waals surface area contributed by atoms with E-state index >= 15 is 0 Å². The molecule has 0 saturated carbocycles. The standard InChI is InChI=1S/C13H15Cl2N3O6/c14-12(15)13(21)17-9(6-19)11(24-10(20)5-16)7-1-3-8(4-2-7)18(22)23/h1-4,9,11-12,19H,5-6,16H2,(H,17,21)/t9-,11+/m1/s1. The number of rotatable bonds is 8. The number of halogens is 2. The second kappa shape index (κ2) is 9.38. The smallest absolute Gasteiger partial charge is 0.320 e. The molecule has 11 heteroatoms. The third kappa shape index (κ3) is 5.60. The van der Waals surface area contributed by atoms with Gasteiger partial charge in [-0.25, -0.2) is 0 Å². The van der Waals surface area contributed by atoms with Crippen LogP contribution in [0.2, 0.25) is 0 Å². The molecule has 0 saturated heterocycles. The zero-order valence-electron chi connectivity index (χ0n) is 12.2. The van der Waals surface area contributed by atoms with E-state index in [9.17, 15) is 24.8 Å². The maximum Gasteiger partial charge on any atom is 0.320 e. The Bertz CT molecular complexity index is 596. The molecule has 1 amide bonds. The van der Waals surface area contributed by atoms with Gasteiger partial charge >= 0.3 is 5.97 Å². The average molecular weight is 380 g/mol. The fraction of sp³-hybridized carbons (Fsp3) is 0.385. The number of nitro groups is 1. The Morgan fingerprint density at radius 3 is 2.33 bits per heavy atom. The summed E-state index contributed by atoms with van der Waals surface area (Å²) in [6.45, 7) is -1.03. The number of esters is 1. The van der Waals surface area contributed by atoms with Crippen LogP contribution in [0.5, 0.6) is 0 Å². The summed E-state index contributed by atoms with van der Waals surface area (Å²) in [4.78, 5) is 31.8. The van der Waals surface area contributed by atoms with Crippen LogP contribution < -0.4 is 11.1 Å². The molecule has 1 rings (SSSR count). The van der Waals surface area contributed by atoms with Gasteiger partial charge in [-0.1, -0.05) is 23.2 Å². The van der Waals surface area contributed by atoms with Gasteiger partial charge in [0.1, 0.15) is 6.10 Å². The predicted octanol–water partition coefficient (Wildman–Crippen LogP) is 0.419. The predicted molar refractivity (Wildman–Crippen MR) is 85.5 cm³/mol. The van der Waals surface area contributed by atoms with E-state index in [-0.39, 0.29) is 5.69 Å². The van der Waals surface area contributed by atoms with Crippen molar-refractivity contribution in [1.29, 1.82) is 0 Å². The molecular weight excluding hydrogens is 365 g/mol. The Morgan fingerprint density at radius 2 is 1.92 bits per heavy atom. The Morgan fingerprint density at radius 1 is 1.33 bits per heavy atom. The molecular formula is C13H15Cl2N3O6. The lowest BCUT2D eigenvalue weighted by Crippen LogP contribution is -2.45. The van der Waals surface area contributed by atoms with Crippen molar-refractivity contribution in [2.75, 3.05) is 13.2 Å². The summed E-state index contributed by atoms with van der Waals surface area (Å²) in [5.74, 6) is -1.59. The van der Waals surface area contributed by atoms with Crippen LogP contribution in [0.1, 0.15) is 11.7 Å². The third-order valence-corrected chi connectivity index (χ3v) is 3.34. The van der Waals surface area contributed by atoms with Gasteiger partial charge in [-0.2, -0.15) is 0 Å². The molecule has 0 heterocycles. The lowest BCUT2D eigenvalue weighted by molar-refractivity contribution is -0.384. The van der Waals surface area contributed by atoms with Crippen LogP contribution in [-0.4, -0.2) is 45.9 Å². The van der Waals surface area contributed by atoms with Crippen molar-refractivity contribution in [2.45, 2.75) is 17.0 Å². The summed E-state index contributed by atoms with van der Waals surface area (Å²) in [7, 11) is 0. The molecule has 0 spiro atoms. The molecule has 1 aromatic rings. The zero-order valence-corrected chi connectivity index (χ0v) is 13.7. The first kappa shape index (κ1) is 20.1. The fourth-order valence-corrected chi connectivity index (χ4v) is 1.95. The molecule has 2 atom stereocenters. The van der Waals surface area contributed by atoms with Crippen molar-refractivity contribution < 1.29 is 24.4 Å². The molecule has 0 bridgehead atoms. The largest absolute Gasteiger partial charge is 0.454 e. The number of nitrogens with one attached hydrogen (secondary N) is 1. The first-order valence-corrected chi connectivity index (χ1v) is 7.50. The zero-order chi connectivity index (χ0) is 18.3. The second-order valence-electron chi connectivity index (χ2n) is 4.56. The van der Waals surface area contributed by atoms with Gasteiger partial charge in [0.15, 0.2) is 4.84 Å². The number of aliphatic hydroxyl groups excluding tert-OH is 1. The van der Waals surface area contributed by atoms with Gasteiger partial charge in [-0.15, -0.1) is 0 Å². The highest BCUT2D eigenvalue weighted by atomic mass is 35.5. The monoisotopic (exact) mass is 379 g/mol. The van der Waals surface area contributed by atoms with Crippen LogP contribution in [0.3, 0.4) is 0 Å². The van der Waals surface area contributed by atoms with Crippen LogP contribution >= 0.6 is 23.2 Å². The van der Waals surface area contributed by atoms with E-state index < -0.39 is 46.9 Å². The maximum absolute atomic E-state index is 11.6. The maximum atomic E-state index is 11.6.